The Hall–Kier alpha value is -1.26. The van der Waals surface area contributed by atoms with E-state index < -0.39 is 17.3 Å². The molecule has 1 atom stereocenters. The van der Waals surface area contributed by atoms with Crippen molar-refractivity contribution in [1.29, 1.82) is 0 Å². The molecule has 0 saturated carbocycles. The molecule has 1 N–H and O–H groups in total. The van der Waals surface area contributed by atoms with Crippen molar-refractivity contribution in [2.45, 2.75) is 78.6 Å². The van der Waals surface area contributed by atoms with Crippen LogP contribution < -0.4 is 5.32 Å². The Kier molecular flexibility index (Phi) is 6.33. The van der Waals surface area contributed by atoms with Crippen molar-refractivity contribution < 1.29 is 19.1 Å². The normalized spacial score (nSPS) is 13.6. The number of nitrogens with one attached hydrogen (secondary N) is 1. The molecule has 0 aromatic carbocycles. The number of carbonyl (C=O) groups is 2. The van der Waals surface area contributed by atoms with E-state index in [-0.39, 0.29) is 18.4 Å². The first-order valence-corrected chi connectivity index (χ1v) is 6.60. The highest BCUT2D eigenvalue weighted by Crippen LogP contribution is 2.11. The van der Waals surface area contributed by atoms with E-state index in [1.54, 1.807) is 20.8 Å². The summed E-state index contributed by atoms with van der Waals surface area (Å²) in [6.45, 7) is 12.7. The van der Waals surface area contributed by atoms with Gasteiger partial charge in [0.15, 0.2) is 0 Å². The zero-order valence-corrected chi connectivity index (χ0v) is 13.1. The van der Waals surface area contributed by atoms with E-state index in [0.717, 1.165) is 0 Å². The Balaban J connectivity index is 3.96. The molecule has 112 valence electrons. The number of amides is 1. The summed E-state index contributed by atoms with van der Waals surface area (Å²) in [4.78, 5) is 23.0. The Morgan fingerprint density at radius 1 is 1.00 bits per heavy atom. The summed E-state index contributed by atoms with van der Waals surface area (Å²) < 4.78 is 10.3. The van der Waals surface area contributed by atoms with Gasteiger partial charge in [0.2, 0.25) is 0 Å². The Bertz CT molecular complexity index is 312. The molecule has 0 saturated heterocycles. The number of ether oxygens (including phenoxy) is 2. The van der Waals surface area contributed by atoms with Gasteiger partial charge in [-0.15, -0.1) is 0 Å². The minimum absolute atomic E-state index is 0.137. The van der Waals surface area contributed by atoms with Gasteiger partial charge in [-0.1, -0.05) is 0 Å². The second-order valence-corrected chi connectivity index (χ2v) is 6.67. The quantitative estimate of drug-likeness (QED) is 0.800. The Morgan fingerprint density at radius 3 is 1.89 bits per heavy atom. The lowest BCUT2D eigenvalue weighted by atomic mass is 10.1. The van der Waals surface area contributed by atoms with Crippen molar-refractivity contribution in [1.82, 2.24) is 5.32 Å². The average molecular weight is 273 g/mol. The molecule has 0 aliphatic carbocycles. The van der Waals surface area contributed by atoms with Crippen LogP contribution in [-0.2, 0) is 14.3 Å². The molecule has 5 nitrogen and oxygen atoms in total. The zero-order chi connectivity index (χ0) is 15.3. The van der Waals surface area contributed by atoms with Crippen molar-refractivity contribution in [2.75, 3.05) is 0 Å². The maximum Gasteiger partial charge on any atom is 0.407 e. The lowest BCUT2D eigenvalue weighted by Crippen LogP contribution is -2.38. The molecule has 0 spiro atoms. The molecule has 19 heavy (non-hydrogen) atoms. The molecule has 5 heteroatoms. The molecule has 1 unspecified atom stereocenters. The van der Waals surface area contributed by atoms with E-state index in [2.05, 4.69) is 5.32 Å². The van der Waals surface area contributed by atoms with Gasteiger partial charge in [-0.05, 0) is 54.9 Å². The van der Waals surface area contributed by atoms with Gasteiger partial charge < -0.3 is 14.8 Å². The minimum Gasteiger partial charge on any atom is -0.460 e. The number of esters is 1. The van der Waals surface area contributed by atoms with Gasteiger partial charge in [-0.25, -0.2) is 4.79 Å². The fourth-order valence-corrected chi connectivity index (χ4v) is 1.31. The fraction of sp³-hybridized carbons (Fsp3) is 0.857. The van der Waals surface area contributed by atoms with Crippen LogP contribution in [0.2, 0.25) is 0 Å². The summed E-state index contributed by atoms with van der Waals surface area (Å²) in [5.41, 5.74) is -0.992. The smallest absolute Gasteiger partial charge is 0.407 e. The van der Waals surface area contributed by atoms with Crippen LogP contribution in [0.15, 0.2) is 0 Å². The summed E-state index contributed by atoms with van der Waals surface area (Å²) in [6, 6.07) is -0.137. The highest BCUT2D eigenvalue weighted by molar-refractivity contribution is 5.70. The molecule has 0 radical (unpaired) electrons. The lowest BCUT2D eigenvalue weighted by Gasteiger charge is -2.22. The van der Waals surface area contributed by atoms with Gasteiger partial charge in [-0.2, -0.15) is 0 Å². The van der Waals surface area contributed by atoms with Gasteiger partial charge in [0, 0.05) is 12.5 Å². The monoisotopic (exact) mass is 273 g/mol. The topological polar surface area (TPSA) is 64.6 Å². The SMILES string of the molecule is CC(CCC(=O)OC(C)(C)C)NC(=O)OC(C)(C)C. The summed E-state index contributed by atoms with van der Waals surface area (Å²) in [5, 5.41) is 2.69. The highest BCUT2D eigenvalue weighted by atomic mass is 16.6. The van der Waals surface area contributed by atoms with Crippen molar-refractivity contribution in [3.8, 4) is 0 Å². The second-order valence-electron chi connectivity index (χ2n) is 6.67. The van der Waals surface area contributed by atoms with Crippen LogP contribution in [0.3, 0.4) is 0 Å². The maximum absolute atomic E-state index is 11.5. The summed E-state index contributed by atoms with van der Waals surface area (Å²) >= 11 is 0. The van der Waals surface area contributed by atoms with Crippen molar-refractivity contribution in [3.05, 3.63) is 0 Å². The molecule has 0 fully saturated rings. The van der Waals surface area contributed by atoms with E-state index in [9.17, 15) is 9.59 Å². The molecule has 0 aromatic rings. The van der Waals surface area contributed by atoms with Crippen molar-refractivity contribution in [3.63, 3.8) is 0 Å². The van der Waals surface area contributed by atoms with E-state index >= 15 is 0 Å². The van der Waals surface area contributed by atoms with E-state index in [0.29, 0.717) is 6.42 Å². The molecule has 0 aliphatic rings. The number of rotatable bonds is 4. The standard InChI is InChI=1S/C14H27NO4/c1-10(15-12(17)19-14(5,6)7)8-9-11(16)18-13(2,3)4/h10H,8-9H2,1-7H3,(H,15,17). The molecular weight excluding hydrogens is 246 g/mol. The van der Waals surface area contributed by atoms with Crippen molar-refractivity contribution in [2.24, 2.45) is 0 Å². The Morgan fingerprint density at radius 2 is 1.47 bits per heavy atom. The third kappa shape index (κ3) is 11.6. The first kappa shape index (κ1) is 17.7. The maximum atomic E-state index is 11.5. The zero-order valence-electron chi connectivity index (χ0n) is 13.1. The van der Waals surface area contributed by atoms with Crippen LogP contribution in [-0.4, -0.2) is 29.3 Å². The van der Waals surface area contributed by atoms with Crippen LogP contribution >= 0.6 is 0 Å². The first-order valence-electron chi connectivity index (χ1n) is 6.60. The third-order valence-corrected chi connectivity index (χ3v) is 1.96. The fourth-order valence-electron chi connectivity index (χ4n) is 1.31. The molecular formula is C14H27NO4. The van der Waals surface area contributed by atoms with Crippen LogP contribution in [0.1, 0.15) is 61.3 Å². The van der Waals surface area contributed by atoms with Crippen LogP contribution in [0.4, 0.5) is 4.79 Å². The molecule has 0 aliphatic heterocycles. The van der Waals surface area contributed by atoms with E-state index in [4.69, 9.17) is 9.47 Å². The van der Waals surface area contributed by atoms with Gasteiger partial charge in [0.25, 0.3) is 0 Å². The van der Waals surface area contributed by atoms with E-state index in [1.807, 2.05) is 27.7 Å². The largest absolute Gasteiger partial charge is 0.460 e. The van der Waals surface area contributed by atoms with Crippen molar-refractivity contribution >= 4 is 12.1 Å². The van der Waals surface area contributed by atoms with Crippen LogP contribution in [0.25, 0.3) is 0 Å². The van der Waals surface area contributed by atoms with Crippen LogP contribution in [0, 0.1) is 0 Å². The molecule has 1 amide bonds. The van der Waals surface area contributed by atoms with E-state index in [1.165, 1.54) is 0 Å². The van der Waals surface area contributed by atoms with Gasteiger partial charge in [-0.3, -0.25) is 4.79 Å². The predicted molar refractivity (Wildman–Crippen MR) is 73.9 cm³/mol. The second kappa shape index (κ2) is 6.78. The van der Waals surface area contributed by atoms with Gasteiger partial charge in [0.1, 0.15) is 11.2 Å². The number of hydrogen-bond donors (Lipinski definition) is 1. The molecule has 0 rings (SSSR count). The molecule has 0 heterocycles. The first-order chi connectivity index (χ1) is 8.39. The minimum atomic E-state index is -0.519. The molecule has 0 aromatic heterocycles. The summed E-state index contributed by atoms with van der Waals surface area (Å²) in [7, 11) is 0. The van der Waals surface area contributed by atoms with Gasteiger partial charge >= 0.3 is 12.1 Å². The number of carbonyl (C=O) groups excluding carboxylic acids is 2. The van der Waals surface area contributed by atoms with Gasteiger partial charge in [0.05, 0.1) is 0 Å². The van der Waals surface area contributed by atoms with Crippen LogP contribution in [0.5, 0.6) is 0 Å². The molecule has 0 bridgehead atoms. The summed E-state index contributed by atoms with van der Waals surface area (Å²) in [6.07, 6.45) is 0.326. The number of hydrogen-bond acceptors (Lipinski definition) is 4. The Labute approximate surface area is 116 Å². The lowest BCUT2D eigenvalue weighted by molar-refractivity contribution is -0.155. The predicted octanol–water partition coefficient (Wildman–Crippen LogP) is 3.02. The highest BCUT2D eigenvalue weighted by Gasteiger charge is 2.19. The number of alkyl carbamates (subject to hydrolysis) is 1. The third-order valence-electron chi connectivity index (χ3n) is 1.96. The average Bonchev–Trinajstić information content (AvgIpc) is 2.08. The summed E-state index contributed by atoms with van der Waals surface area (Å²) in [5.74, 6) is -0.259.